The van der Waals surface area contributed by atoms with Crippen molar-refractivity contribution in [2.24, 2.45) is 0 Å². The molecule has 156 valence electrons. The third-order valence-electron chi connectivity index (χ3n) is 5.28. The van der Waals surface area contributed by atoms with Gasteiger partial charge in [0.2, 0.25) is 0 Å². The van der Waals surface area contributed by atoms with E-state index >= 15 is 0 Å². The first-order valence-electron chi connectivity index (χ1n) is 9.85. The van der Waals surface area contributed by atoms with Crippen molar-refractivity contribution in [3.63, 3.8) is 0 Å². The Labute approximate surface area is 178 Å². The zero-order valence-corrected chi connectivity index (χ0v) is 17.5. The number of fused-ring (bicyclic) bond motifs is 1. The first kappa shape index (κ1) is 20.3. The number of hydrogen-bond acceptors (Lipinski definition) is 5. The van der Waals surface area contributed by atoms with Crippen LogP contribution in [0.25, 0.3) is 10.9 Å². The van der Waals surface area contributed by atoms with Gasteiger partial charge in [-0.05, 0) is 49.3 Å². The topological polar surface area (TPSA) is 85.3 Å². The van der Waals surface area contributed by atoms with E-state index < -0.39 is 0 Å². The lowest BCUT2D eigenvalue weighted by molar-refractivity contribution is 0.0858. The number of nitrogens with zero attached hydrogens (tertiary/aromatic N) is 1. The molecule has 0 radical (unpaired) electrons. The van der Waals surface area contributed by atoms with E-state index in [0.717, 1.165) is 25.0 Å². The predicted octanol–water partition coefficient (Wildman–Crippen LogP) is 3.02. The summed E-state index contributed by atoms with van der Waals surface area (Å²) in [6.07, 6.45) is 2.05. The van der Waals surface area contributed by atoms with Gasteiger partial charge < -0.3 is 19.8 Å². The molecule has 30 heavy (non-hydrogen) atoms. The summed E-state index contributed by atoms with van der Waals surface area (Å²) < 4.78 is 12.7. The van der Waals surface area contributed by atoms with Crippen LogP contribution in [0.5, 0.6) is 5.75 Å². The summed E-state index contributed by atoms with van der Waals surface area (Å²) in [4.78, 5) is 28.6. The Balaban J connectivity index is 1.61. The summed E-state index contributed by atoms with van der Waals surface area (Å²) in [6.45, 7) is 1.51. The van der Waals surface area contributed by atoms with Gasteiger partial charge in [0.1, 0.15) is 5.75 Å². The third kappa shape index (κ3) is 4.15. The standard InChI is InChI=1S/C22H23N3O4S/c1-28-19-7-3-2-5-15(19)13-25-21(27)17-9-8-14(11-18(17)24-22(25)30)20(26)23-12-16-6-4-10-29-16/h2-3,5,7-9,11,16H,4,6,10,12-13H2,1H3,(H,23,26)(H,24,30)/t16-/m0/s1. The van der Waals surface area contributed by atoms with Crippen LogP contribution < -0.4 is 15.6 Å². The van der Waals surface area contributed by atoms with Gasteiger partial charge in [-0.15, -0.1) is 0 Å². The highest BCUT2D eigenvalue weighted by Gasteiger charge is 2.17. The molecule has 2 heterocycles. The minimum atomic E-state index is -0.217. The number of H-pyrrole nitrogens is 1. The van der Waals surface area contributed by atoms with Crippen molar-refractivity contribution in [2.45, 2.75) is 25.5 Å². The van der Waals surface area contributed by atoms with Gasteiger partial charge in [0.25, 0.3) is 11.5 Å². The number of ether oxygens (including phenoxy) is 2. The average Bonchev–Trinajstić information content (AvgIpc) is 3.28. The Morgan fingerprint density at radius 3 is 2.93 bits per heavy atom. The van der Waals surface area contributed by atoms with Crippen LogP contribution in [0.3, 0.4) is 0 Å². The highest BCUT2D eigenvalue weighted by Crippen LogP contribution is 2.19. The molecule has 0 saturated carbocycles. The highest BCUT2D eigenvalue weighted by molar-refractivity contribution is 7.71. The van der Waals surface area contributed by atoms with Gasteiger partial charge in [-0.3, -0.25) is 14.2 Å². The maximum Gasteiger partial charge on any atom is 0.262 e. The van der Waals surface area contributed by atoms with Gasteiger partial charge in [0.15, 0.2) is 4.77 Å². The third-order valence-corrected chi connectivity index (χ3v) is 5.60. The summed E-state index contributed by atoms with van der Waals surface area (Å²) in [5, 5.41) is 3.36. The van der Waals surface area contributed by atoms with Crippen LogP contribution in [0, 0.1) is 4.77 Å². The minimum Gasteiger partial charge on any atom is -0.496 e. The van der Waals surface area contributed by atoms with Crippen LogP contribution in [0.4, 0.5) is 0 Å². The smallest absolute Gasteiger partial charge is 0.262 e. The maximum absolute atomic E-state index is 13.1. The summed E-state index contributed by atoms with van der Waals surface area (Å²) in [6, 6.07) is 12.5. The van der Waals surface area contributed by atoms with Crippen molar-refractivity contribution in [3.05, 3.63) is 68.7 Å². The lowest BCUT2D eigenvalue weighted by Crippen LogP contribution is -2.31. The van der Waals surface area contributed by atoms with Gasteiger partial charge in [0, 0.05) is 24.3 Å². The Hall–Kier alpha value is -2.97. The summed E-state index contributed by atoms with van der Waals surface area (Å²) >= 11 is 5.43. The normalized spacial score (nSPS) is 16.0. The lowest BCUT2D eigenvalue weighted by atomic mass is 10.1. The predicted molar refractivity (Wildman–Crippen MR) is 117 cm³/mol. The molecule has 1 aliphatic rings. The molecule has 7 nitrogen and oxygen atoms in total. The number of methoxy groups -OCH3 is 1. The van der Waals surface area contributed by atoms with Gasteiger partial charge in [-0.1, -0.05) is 18.2 Å². The zero-order valence-electron chi connectivity index (χ0n) is 16.6. The number of para-hydroxylation sites is 1. The Bertz CT molecular complexity index is 1190. The van der Waals surface area contributed by atoms with Crippen LogP contribution in [0.1, 0.15) is 28.8 Å². The molecule has 1 saturated heterocycles. The lowest BCUT2D eigenvalue weighted by Gasteiger charge is -2.13. The molecular formula is C22H23N3O4S. The maximum atomic E-state index is 13.1. The fourth-order valence-corrected chi connectivity index (χ4v) is 3.91. The number of amides is 1. The van der Waals surface area contributed by atoms with Crippen LogP contribution in [-0.4, -0.2) is 41.8 Å². The Morgan fingerprint density at radius 2 is 2.17 bits per heavy atom. The molecule has 1 amide bonds. The van der Waals surface area contributed by atoms with Gasteiger partial charge >= 0.3 is 0 Å². The van der Waals surface area contributed by atoms with E-state index in [-0.39, 0.29) is 28.9 Å². The number of benzene rings is 2. The molecule has 3 aromatic rings. The molecule has 0 bridgehead atoms. The number of aromatic nitrogens is 2. The number of nitrogens with one attached hydrogen (secondary N) is 2. The second-order valence-corrected chi connectivity index (χ2v) is 7.63. The molecule has 0 unspecified atom stereocenters. The molecule has 8 heteroatoms. The Morgan fingerprint density at radius 1 is 1.33 bits per heavy atom. The number of carbonyl (C=O) groups is 1. The van der Waals surface area contributed by atoms with E-state index in [9.17, 15) is 9.59 Å². The van der Waals surface area contributed by atoms with Crippen molar-refractivity contribution in [1.29, 1.82) is 0 Å². The number of carbonyl (C=O) groups excluding carboxylic acids is 1. The first-order chi connectivity index (χ1) is 14.6. The van der Waals surface area contributed by atoms with E-state index in [1.54, 1.807) is 25.3 Å². The average molecular weight is 426 g/mol. The summed E-state index contributed by atoms with van der Waals surface area (Å²) in [7, 11) is 1.59. The molecule has 2 aromatic carbocycles. The quantitative estimate of drug-likeness (QED) is 0.593. The molecule has 1 aromatic heterocycles. The van der Waals surface area contributed by atoms with E-state index in [2.05, 4.69) is 10.3 Å². The summed E-state index contributed by atoms with van der Waals surface area (Å²) in [5.41, 5.74) is 1.64. The molecule has 2 N–H and O–H groups in total. The fourth-order valence-electron chi connectivity index (χ4n) is 3.66. The zero-order chi connectivity index (χ0) is 21.1. The van der Waals surface area contributed by atoms with Gasteiger partial charge in [-0.25, -0.2) is 0 Å². The van der Waals surface area contributed by atoms with Gasteiger partial charge in [0.05, 0.1) is 30.7 Å². The van der Waals surface area contributed by atoms with Crippen molar-refractivity contribution >= 4 is 29.0 Å². The molecule has 1 fully saturated rings. The van der Waals surface area contributed by atoms with E-state index in [0.29, 0.717) is 28.8 Å². The van der Waals surface area contributed by atoms with E-state index in [1.165, 1.54) is 4.57 Å². The Kier molecular flexibility index (Phi) is 5.96. The van der Waals surface area contributed by atoms with Crippen molar-refractivity contribution in [2.75, 3.05) is 20.3 Å². The molecule has 4 rings (SSSR count). The van der Waals surface area contributed by atoms with Crippen LogP contribution in [0.2, 0.25) is 0 Å². The van der Waals surface area contributed by atoms with Crippen LogP contribution >= 0.6 is 12.2 Å². The SMILES string of the molecule is COc1ccccc1Cn1c(=S)[nH]c2cc(C(=O)NC[C@@H]3CCCO3)ccc2c1=O. The fraction of sp³-hybridized carbons (Fsp3) is 0.318. The largest absolute Gasteiger partial charge is 0.496 e. The molecule has 0 aliphatic carbocycles. The van der Waals surface area contributed by atoms with Crippen LogP contribution in [-0.2, 0) is 11.3 Å². The highest BCUT2D eigenvalue weighted by atomic mass is 32.1. The molecular weight excluding hydrogens is 402 g/mol. The number of hydrogen-bond donors (Lipinski definition) is 2. The summed E-state index contributed by atoms with van der Waals surface area (Å²) in [5.74, 6) is 0.488. The number of rotatable bonds is 6. The monoisotopic (exact) mass is 425 g/mol. The number of aromatic amines is 1. The van der Waals surface area contributed by atoms with Crippen molar-refractivity contribution in [1.82, 2.24) is 14.9 Å². The van der Waals surface area contributed by atoms with E-state index in [1.807, 2.05) is 24.3 Å². The van der Waals surface area contributed by atoms with Gasteiger partial charge in [-0.2, -0.15) is 0 Å². The first-order valence-corrected chi connectivity index (χ1v) is 10.3. The second-order valence-electron chi connectivity index (χ2n) is 7.24. The van der Waals surface area contributed by atoms with Crippen molar-refractivity contribution < 1.29 is 14.3 Å². The van der Waals surface area contributed by atoms with Crippen molar-refractivity contribution in [3.8, 4) is 5.75 Å². The van der Waals surface area contributed by atoms with E-state index in [4.69, 9.17) is 21.7 Å². The second kappa shape index (κ2) is 8.81. The molecule has 1 atom stereocenters. The van der Waals surface area contributed by atoms with Crippen LogP contribution in [0.15, 0.2) is 47.3 Å². The molecule has 1 aliphatic heterocycles. The minimum absolute atomic E-state index is 0.0717. The molecule has 0 spiro atoms.